The number of halogens is 4. The van der Waals surface area contributed by atoms with Crippen molar-refractivity contribution in [3.8, 4) is 0 Å². The van der Waals surface area contributed by atoms with E-state index in [1.165, 1.54) is 6.07 Å². The minimum atomic E-state index is -4.34. The molecular weight excluding hydrogens is 223 g/mol. The van der Waals surface area contributed by atoms with E-state index in [2.05, 4.69) is 12.6 Å². The third-order valence-electron chi connectivity index (χ3n) is 1.35. The van der Waals surface area contributed by atoms with Crippen LogP contribution in [0.15, 0.2) is 23.1 Å². The number of nitrogens with two attached hydrogens (primary N) is 1. The van der Waals surface area contributed by atoms with Crippen molar-refractivity contribution >= 4 is 18.3 Å². The maximum atomic E-state index is 12.0. The highest BCUT2D eigenvalue weighted by Gasteiger charge is 2.30. The second kappa shape index (κ2) is 4.11. The molecule has 1 nitrogen and oxygen atoms in total. The fourth-order valence-electron chi connectivity index (χ4n) is 0.731. The molecule has 0 spiro atoms. The largest absolute Gasteiger partial charge is 1.00 e. The molecule has 0 aliphatic carbocycles. The van der Waals surface area contributed by atoms with Gasteiger partial charge in [0, 0.05) is 10.6 Å². The van der Waals surface area contributed by atoms with Gasteiger partial charge in [0.1, 0.15) is 0 Å². The van der Waals surface area contributed by atoms with Crippen LogP contribution < -0.4 is 18.1 Å². The Bertz CT molecular complexity index is 300. The SMILES string of the molecule is Nc1cc(C(F)(F)F)ccc1S.[Cl-]. The van der Waals surface area contributed by atoms with Crippen molar-refractivity contribution in [3.63, 3.8) is 0 Å². The van der Waals surface area contributed by atoms with Gasteiger partial charge in [-0.05, 0) is 18.2 Å². The molecule has 1 aromatic rings. The highest BCUT2D eigenvalue weighted by atomic mass is 35.5. The van der Waals surface area contributed by atoms with Gasteiger partial charge in [-0.2, -0.15) is 13.2 Å². The normalized spacial score (nSPS) is 10.8. The number of benzene rings is 1. The topological polar surface area (TPSA) is 26.0 Å². The van der Waals surface area contributed by atoms with Crippen LogP contribution in [-0.2, 0) is 6.18 Å². The monoisotopic (exact) mass is 228 g/mol. The lowest BCUT2D eigenvalue weighted by Gasteiger charge is -2.07. The highest BCUT2D eigenvalue weighted by molar-refractivity contribution is 7.80. The molecule has 0 atom stereocenters. The summed E-state index contributed by atoms with van der Waals surface area (Å²) < 4.78 is 36.1. The average Bonchev–Trinajstić information content (AvgIpc) is 1.92. The van der Waals surface area contributed by atoms with E-state index < -0.39 is 11.7 Å². The average molecular weight is 229 g/mol. The van der Waals surface area contributed by atoms with Crippen molar-refractivity contribution in [2.24, 2.45) is 0 Å². The van der Waals surface area contributed by atoms with Gasteiger partial charge >= 0.3 is 6.18 Å². The van der Waals surface area contributed by atoms with Gasteiger partial charge in [-0.1, -0.05) is 0 Å². The first-order valence-electron chi connectivity index (χ1n) is 3.07. The van der Waals surface area contributed by atoms with E-state index in [0.29, 0.717) is 4.90 Å². The van der Waals surface area contributed by atoms with Crippen molar-refractivity contribution in [1.82, 2.24) is 0 Å². The summed E-state index contributed by atoms with van der Waals surface area (Å²) in [6, 6.07) is 3.03. The van der Waals surface area contributed by atoms with Gasteiger partial charge in [0.15, 0.2) is 0 Å². The van der Waals surface area contributed by atoms with Gasteiger partial charge in [0.05, 0.1) is 5.56 Å². The van der Waals surface area contributed by atoms with Gasteiger partial charge in [0.25, 0.3) is 0 Å². The van der Waals surface area contributed by atoms with Crippen LogP contribution >= 0.6 is 12.6 Å². The van der Waals surface area contributed by atoms with Gasteiger partial charge < -0.3 is 18.1 Å². The molecule has 0 bridgehead atoms. The van der Waals surface area contributed by atoms with Crippen molar-refractivity contribution < 1.29 is 25.6 Å². The van der Waals surface area contributed by atoms with Crippen molar-refractivity contribution in [2.45, 2.75) is 11.1 Å². The molecule has 0 aromatic heterocycles. The van der Waals surface area contributed by atoms with E-state index in [9.17, 15) is 13.2 Å². The Balaban J connectivity index is 0.00000144. The molecule has 0 unspecified atom stereocenters. The maximum Gasteiger partial charge on any atom is 0.416 e. The van der Waals surface area contributed by atoms with E-state index in [0.717, 1.165) is 12.1 Å². The van der Waals surface area contributed by atoms with E-state index in [1.807, 2.05) is 0 Å². The number of anilines is 1. The molecule has 0 aliphatic rings. The van der Waals surface area contributed by atoms with Crippen LogP contribution in [0, 0.1) is 0 Å². The Kier molecular flexibility index (Phi) is 3.93. The Labute approximate surface area is 84.9 Å². The summed E-state index contributed by atoms with van der Waals surface area (Å²) in [6.07, 6.45) is -4.34. The lowest BCUT2D eigenvalue weighted by molar-refractivity contribution is -0.137. The van der Waals surface area contributed by atoms with Crippen molar-refractivity contribution in [2.75, 3.05) is 5.73 Å². The van der Waals surface area contributed by atoms with Crippen LogP contribution in [0.4, 0.5) is 18.9 Å². The van der Waals surface area contributed by atoms with Gasteiger partial charge in [-0.25, -0.2) is 0 Å². The minimum Gasteiger partial charge on any atom is -1.00 e. The summed E-state index contributed by atoms with van der Waals surface area (Å²) in [5, 5.41) is 0. The van der Waals surface area contributed by atoms with Gasteiger partial charge in [-0.3, -0.25) is 0 Å². The maximum absolute atomic E-state index is 12.0. The summed E-state index contributed by atoms with van der Waals surface area (Å²) in [7, 11) is 0. The number of hydrogen-bond donors (Lipinski definition) is 2. The number of thiol groups is 1. The highest BCUT2D eigenvalue weighted by Crippen LogP contribution is 2.31. The molecule has 0 radical (unpaired) electrons. The lowest BCUT2D eigenvalue weighted by atomic mass is 10.2. The Morgan fingerprint density at radius 3 is 2.15 bits per heavy atom. The second-order valence-corrected chi connectivity index (χ2v) is 2.75. The Morgan fingerprint density at radius 1 is 1.23 bits per heavy atom. The molecule has 1 aromatic carbocycles. The van der Waals surface area contributed by atoms with E-state index in [4.69, 9.17) is 5.73 Å². The number of hydrogen-bond acceptors (Lipinski definition) is 2. The molecule has 74 valence electrons. The van der Waals surface area contributed by atoms with Crippen LogP contribution in [0.3, 0.4) is 0 Å². The quantitative estimate of drug-likeness (QED) is 0.458. The lowest BCUT2D eigenvalue weighted by Crippen LogP contribution is -3.00. The third-order valence-corrected chi connectivity index (χ3v) is 1.76. The zero-order valence-electron chi connectivity index (χ0n) is 6.27. The molecule has 0 aliphatic heterocycles. The first-order chi connectivity index (χ1) is 5.41. The first kappa shape index (κ1) is 12.4. The molecule has 2 N–H and O–H groups in total. The molecular formula is C7H6ClF3NS-. The third kappa shape index (κ3) is 3.00. The summed E-state index contributed by atoms with van der Waals surface area (Å²) in [6.45, 7) is 0. The number of alkyl halides is 3. The van der Waals surface area contributed by atoms with Crippen molar-refractivity contribution in [3.05, 3.63) is 23.8 Å². The smallest absolute Gasteiger partial charge is 0.416 e. The van der Waals surface area contributed by atoms with Gasteiger partial charge in [0.2, 0.25) is 0 Å². The van der Waals surface area contributed by atoms with Crippen LogP contribution in [-0.4, -0.2) is 0 Å². The van der Waals surface area contributed by atoms with Crippen LogP contribution in [0.5, 0.6) is 0 Å². The molecule has 0 fully saturated rings. The Morgan fingerprint density at radius 2 is 1.77 bits per heavy atom. The van der Waals surface area contributed by atoms with Crippen LogP contribution in [0.2, 0.25) is 0 Å². The summed E-state index contributed by atoms with van der Waals surface area (Å²) in [5.74, 6) is 0. The molecule has 0 saturated heterocycles. The first-order valence-corrected chi connectivity index (χ1v) is 3.51. The second-order valence-electron chi connectivity index (χ2n) is 2.27. The summed E-state index contributed by atoms with van der Waals surface area (Å²) in [5.41, 5.74) is 4.52. The molecule has 0 heterocycles. The predicted molar refractivity (Wildman–Crippen MR) is 43.1 cm³/mol. The van der Waals surface area contributed by atoms with Crippen LogP contribution in [0.1, 0.15) is 5.56 Å². The molecule has 0 saturated carbocycles. The fraction of sp³-hybridized carbons (Fsp3) is 0.143. The van der Waals surface area contributed by atoms with Gasteiger partial charge in [-0.15, -0.1) is 12.6 Å². The van der Waals surface area contributed by atoms with E-state index in [-0.39, 0.29) is 18.1 Å². The minimum absolute atomic E-state index is 0. The van der Waals surface area contributed by atoms with E-state index >= 15 is 0 Å². The zero-order valence-corrected chi connectivity index (χ0v) is 7.92. The van der Waals surface area contributed by atoms with Crippen LogP contribution in [0.25, 0.3) is 0 Å². The van der Waals surface area contributed by atoms with Crippen molar-refractivity contribution in [1.29, 1.82) is 0 Å². The number of rotatable bonds is 0. The van der Waals surface area contributed by atoms with E-state index in [1.54, 1.807) is 0 Å². The molecule has 6 heteroatoms. The standard InChI is InChI=1S/C7H6F3NS.ClH/c8-7(9,10)4-1-2-6(12)5(11)3-4;/h1-3,12H,11H2;1H/p-1. The fourth-order valence-corrected chi connectivity index (χ4v) is 0.870. The summed E-state index contributed by atoms with van der Waals surface area (Å²) >= 11 is 3.85. The zero-order chi connectivity index (χ0) is 9.35. The predicted octanol–water partition coefficient (Wildman–Crippen LogP) is -0.420. The number of nitrogen functional groups attached to an aromatic ring is 1. The molecule has 13 heavy (non-hydrogen) atoms. The molecule has 1 rings (SSSR count). The Hall–Kier alpha value is -0.550. The summed E-state index contributed by atoms with van der Waals surface area (Å²) in [4.78, 5) is 0.350. The molecule has 0 amide bonds.